The third-order valence-corrected chi connectivity index (χ3v) is 3.76. The van der Waals surface area contributed by atoms with Crippen LogP contribution in [0.1, 0.15) is 17.7 Å². The van der Waals surface area contributed by atoms with Gasteiger partial charge in [-0.15, -0.1) is 11.8 Å². The van der Waals surface area contributed by atoms with Crippen LogP contribution in [0.5, 0.6) is 0 Å². The Hall–Kier alpha value is -0.220. The van der Waals surface area contributed by atoms with Crippen LogP contribution in [0.2, 0.25) is 5.02 Å². The van der Waals surface area contributed by atoms with Crippen molar-refractivity contribution in [3.05, 3.63) is 34.9 Å². The number of halogens is 1. The maximum absolute atomic E-state index is 8.81. The molecule has 0 spiro atoms. The van der Waals surface area contributed by atoms with Gasteiger partial charge in [-0.05, 0) is 24.6 Å². The average Bonchev–Trinajstić information content (AvgIpc) is 2.18. The summed E-state index contributed by atoms with van der Waals surface area (Å²) in [7, 11) is 0. The molecule has 0 aromatic heterocycles. The van der Waals surface area contributed by atoms with Gasteiger partial charge in [0, 0.05) is 22.1 Å². The second-order valence-electron chi connectivity index (χ2n) is 3.43. The van der Waals surface area contributed by atoms with E-state index in [9.17, 15) is 0 Å². The molecule has 0 amide bonds. The Labute approximate surface area is 99.8 Å². The molecule has 0 saturated heterocycles. The van der Waals surface area contributed by atoms with Crippen molar-refractivity contribution in [2.45, 2.75) is 18.2 Å². The van der Waals surface area contributed by atoms with Gasteiger partial charge in [0.1, 0.15) is 0 Å². The molecule has 0 bridgehead atoms. The van der Waals surface area contributed by atoms with Crippen LogP contribution in [-0.4, -0.2) is 23.5 Å². The largest absolute Gasteiger partial charge is 0.396 e. The van der Waals surface area contributed by atoms with Crippen molar-refractivity contribution in [3.63, 3.8) is 0 Å². The van der Waals surface area contributed by atoms with Gasteiger partial charge < -0.3 is 10.8 Å². The number of aliphatic hydroxyl groups is 1. The molecule has 0 aliphatic heterocycles. The molecule has 84 valence electrons. The Morgan fingerprint density at radius 1 is 1.53 bits per heavy atom. The average molecular weight is 246 g/mol. The van der Waals surface area contributed by atoms with Gasteiger partial charge in [-0.1, -0.05) is 23.7 Å². The summed E-state index contributed by atoms with van der Waals surface area (Å²) in [5.74, 6) is 0.693. The van der Waals surface area contributed by atoms with E-state index in [1.165, 1.54) is 0 Å². The minimum Gasteiger partial charge on any atom is -0.396 e. The van der Waals surface area contributed by atoms with Crippen LogP contribution in [-0.2, 0) is 0 Å². The van der Waals surface area contributed by atoms with Crippen molar-refractivity contribution in [3.8, 4) is 0 Å². The van der Waals surface area contributed by atoms with Crippen LogP contribution in [0.4, 0.5) is 0 Å². The van der Waals surface area contributed by atoms with Gasteiger partial charge in [0.25, 0.3) is 0 Å². The molecule has 1 rings (SSSR count). The Morgan fingerprint density at radius 3 is 2.80 bits per heavy atom. The zero-order chi connectivity index (χ0) is 11.3. The van der Waals surface area contributed by atoms with E-state index in [1.807, 2.05) is 31.2 Å². The first-order valence-corrected chi connectivity index (χ1v) is 6.31. The van der Waals surface area contributed by atoms with E-state index in [4.69, 9.17) is 22.4 Å². The van der Waals surface area contributed by atoms with Gasteiger partial charge in [0.2, 0.25) is 0 Å². The fourth-order valence-corrected chi connectivity index (χ4v) is 2.62. The highest BCUT2D eigenvalue weighted by Crippen LogP contribution is 2.32. The molecule has 2 nitrogen and oxygen atoms in total. The highest BCUT2D eigenvalue weighted by atomic mass is 35.5. The number of benzene rings is 1. The smallest absolute Gasteiger partial charge is 0.0521 e. The monoisotopic (exact) mass is 245 g/mol. The highest BCUT2D eigenvalue weighted by molar-refractivity contribution is 7.99. The Bertz CT molecular complexity index is 306. The van der Waals surface area contributed by atoms with Crippen LogP contribution in [0.15, 0.2) is 24.3 Å². The number of nitrogens with two attached hydrogens (primary N) is 1. The lowest BCUT2D eigenvalue weighted by Gasteiger charge is -2.20. The maximum atomic E-state index is 8.81. The molecule has 1 aromatic rings. The third-order valence-electron chi connectivity index (χ3n) is 2.04. The molecule has 0 heterocycles. The fraction of sp³-hybridized carbons (Fsp3) is 0.455. The van der Waals surface area contributed by atoms with Crippen molar-refractivity contribution < 1.29 is 5.11 Å². The summed E-state index contributed by atoms with van der Waals surface area (Å²) >= 11 is 7.59. The lowest BCUT2D eigenvalue weighted by atomic mass is 10.1. The first-order chi connectivity index (χ1) is 7.15. The predicted octanol–water partition coefficient (Wildman–Crippen LogP) is 2.45. The standard InChI is InChI=1S/C11H16ClNOS/c1-8(13)11(15-6-5-14)9-3-2-4-10(12)7-9/h2-4,7-8,11,14H,5-6,13H2,1H3. The molecule has 0 aliphatic carbocycles. The van der Waals surface area contributed by atoms with Crippen molar-refractivity contribution >= 4 is 23.4 Å². The first kappa shape index (κ1) is 12.8. The zero-order valence-corrected chi connectivity index (χ0v) is 10.3. The van der Waals surface area contributed by atoms with Crippen molar-refractivity contribution in [2.24, 2.45) is 5.73 Å². The maximum Gasteiger partial charge on any atom is 0.0521 e. The van der Waals surface area contributed by atoms with Crippen LogP contribution >= 0.6 is 23.4 Å². The number of aliphatic hydroxyl groups excluding tert-OH is 1. The summed E-state index contributed by atoms with van der Waals surface area (Å²) in [6, 6.07) is 7.76. The summed E-state index contributed by atoms with van der Waals surface area (Å²) in [6.07, 6.45) is 0. The third kappa shape index (κ3) is 4.03. The summed E-state index contributed by atoms with van der Waals surface area (Å²) in [6.45, 7) is 2.14. The normalized spacial score (nSPS) is 14.9. The number of hydrogen-bond acceptors (Lipinski definition) is 3. The summed E-state index contributed by atoms with van der Waals surface area (Å²) in [4.78, 5) is 0. The highest BCUT2D eigenvalue weighted by Gasteiger charge is 2.16. The summed E-state index contributed by atoms with van der Waals surface area (Å²) in [5.41, 5.74) is 7.04. The zero-order valence-electron chi connectivity index (χ0n) is 8.69. The van der Waals surface area contributed by atoms with Gasteiger partial charge in [-0.25, -0.2) is 0 Å². The van der Waals surface area contributed by atoms with Gasteiger partial charge in [-0.2, -0.15) is 0 Å². The van der Waals surface area contributed by atoms with E-state index in [0.717, 1.165) is 10.6 Å². The lowest BCUT2D eigenvalue weighted by molar-refractivity contribution is 0.322. The number of rotatable bonds is 5. The molecule has 0 saturated carbocycles. The van der Waals surface area contributed by atoms with Gasteiger partial charge in [0.05, 0.1) is 6.61 Å². The number of hydrogen-bond donors (Lipinski definition) is 2. The molecule has 1 aromatic carbocycles. The Morgan fingerprint density at radius 2 is 2.27 bits per heavy atom. The molecular weight excluding hydrogens is 230 g/mol. The summed E-state index contributed by atoms with van der Waals surface area (Å²) in [5, 5.41) is 9.73. The van der Waals surface area contributed by atoms with Crippen LogP contribution in [0.3, 0.4) is 0 Å². The molecule has 0 radical (unpaired) electrons. The van der Waals surface area contributed by atoms with Crippen LogP contribution in [0.25, 0.3) is 0 Å². The molecule has 2 unspecified atom stereocenters. The minimum atomic E-state index is 0.0417. The van der Waals surface area contributed by atoms with E-state index in [0.29, 0.717) is 5.75 Å². The van der Waals surface area contributed by atoms with Crippen molar-refractivity contribution in [2.75, 3.05) is 12.4 Å². The van der Waals surface area contributed by atoms with E-state index in [1.54, 1.807) is 11.8 Å². The molecule has 0 aliphatic rings. The Kier molecular flexibility index (Phi) is 5.47. The summed E-state index contributed by atoms with van der Waals surface area (Å²) < 4.78 is 0. The van der Waals surface area contributed by atoms with E-state index in [2.05, 4.69) is 0 Å². The molecule has 2 atom stereocenters. The van der Waals surface area contributed by atoms with Crippen molar-refractivity contribution in [1.29, 1.82) is 0 Å². The molecule has 3 N–H and O–H groups in total. The van der Waals surface area contributed by atoms with Gasteiger partial charge >= 0.3 is 0 Å². The Balaban J connectivity index is 2.79. The molecule has 0 fully saturated rings. The van der Waals surface area contributed by atoms with Crippen LogP contribution < -0.4 is 5.73 Å². The lowest BCUT2D eigenvalue weighted by Crippen LogP contribution is -2.23. The molecule has 4 heteroatoms. The predicted molar refractivity (Wildman–Crippen MR) is 67.4 cm³/mol. The second-order valence-corrected chi connectivity index (χ2v) is 5.12. The second kappa shape index (κ2) is 6.38. The van der Waals surface area contributed by atoms with Crippen LogP contribution in [0, 0.1) is 0 Å². The van der Waals surface area contributed by atoms with Gasteiger partial charge in [-0.3, -0.25) is 0 Å². The molecule has 15 heavy (non-hydrogen) atoms. The van der Waals surface area contributed by atoms with E-state index in [-0.39, 0.29) is 17.9 Å². The fourth-order valence-electron chi connectivity index (χ4n) is 1.41. The van der Waals surface area contributed by atoms with Gasteiger partial charge in [0.15, 0.2) is 0 Å². The topological polar surface area (TPSA) is 46.2 Å². The minimum absolute atomic E-state index is 0.0417. The van der Waals surface area contributed by atoms with E-state index < -0.39 is 0 Å². The quantitative estimate of drug-likeness (QED) is 0.838. The first-order valence-electron chi connectivity index (χ1n) is 4.88. The van der Waals surface area contributed by atoms with E-state index >= 15 is 0 Å². The number of thioether (sulfide) groups is 1. The molecular formula is C11H16ClNOS. The van der Waals surface area contributed by atoms with Crippen molar-refractivity contribution in [1.82, 2.24) is 0 Å². The SMILES string of the molecule is CC(N)C(SCCO)c1cccc(Cl)c1.